The number of rotatable bonds is 3. The van der Waals surface area contributed by atoms with Crippen molar-refractivity contribution in [2.45, 2.75) is 37.6 Å². The van der Waals surface area contributed by atoms with Crippen LogP contribution < -0.4 is 5.32 Å². The van der Waals surface area contributed by atoms with E-state index in [2.05, 4.69) is 16.4 Å². The van der Waals surface area contributed by atoms with E-state index in [4.69, 9.17) is 0 Å². The van der Waals surface area contributed by atoms with Gasteiger partial charge in [-0.25, -0.2) is 0 Å². The Morgan fingerprint density at radius 1 is 1.29 bits per heavy atom. The van der Waals surface area contributed by atoms with Gasteiger partial charge in [0.1, 0.15) is 5.69 Å². The highest BCUT2D eigenvalue weighted by Gasteiger charge is 2.26. The predicted molar refractivity (Wildman–Crippen MR) is 88.7 cm³/mol. The van der Waals surface area contributed by atoms with Crippen LogP contribution in [0, 0.1) is 0 Å². The molecule has 1 unspecified atom stereocenters. The maximum absolute atomic E-state index is 12.4. The fraction of sp³-hybridized carbons (Fsp3) is 0.600. The summed E-state index contributed by atoms with van der Waals surface area (Å²) < 4.78 is 0. The van der Waals surface area contributed by atoms with E-state index in [0.29, 0.717) is 17.7 Å². The van der Waals surface area contributed by atoms with Gasteiger partial charge in [0.2, 0.25) is 0 Å². The van der Waals surface area contributed by atoms with Crippen molar-refractivity contribution in [2.75, 3.05) is 20.1 Å². The highest BCUT2D eigenvalue weighted by molar-refractivity contribution is 5.92. The topological polar surface area (TPSA) is 45.2 Å². The molecule has 6 heteroatoms. The first-order chi connectivity index (χ1) is 9.28. The Balaban J connectivity index is 0.00000110. The summed E-state index contributed by atoms with van der Waals surface area (Å²) in [5, 5.41) is 3.26. The lowest BCUT2D eigenvalue weighted by molar-refractivity contribution is 0.0692. The molecule has 3 rings (SSSR count). The minimum absolute atomic E-state index is 0. The Labute approximate surface area is 138 Å². The number of likely N-dealkylation sites (tertiary alicyclic amines) is 1. The second-order valence-corrected chi connectivity index (χ2v) is 5.63. The SMILES string of the molecule is CNC1CCCN(C(=O)c2ccc(C3CC3)cn2)C1.Cl.Cl. The molecule has 21 heavy (non-hydrogen) atoms. The Bertz CT molecular complexity index is 462. The average molecular weight is 332 g/mol. The average Bonchev–Trinajstić information content (AvgIpc) is 3.31. The highest BCUT2D eigenvalue weighted by Crippen LogP contribution is 2.39. The fourth-order valence-electron chi connectivity index (χ4n) is 2.75. The first-order valence-electron chi connectivity index (χ1n) is 7.20. The Morgan fingerprint density at radius 3 is 2.62 bits per heavy atom. The number of carbonyl (C=O) groups is 1. The summed E-state index contributed by atoms with van der Waals surface area (Å²) in [7, 11) is 1.96. The standard InChI is InChI=1S/C15H21N3O.2ClH/c1-16-13-3-2-8-18(10-13)15(19)14-7-6-12(9-17-14)11-4-5-11;;/h6-7,9,11,13,16H,2-5,8,10H2,1H3;2*1H. The minimum Gasteiger partial charge on any atom is -0.336 e. The second kappa shape index (κ2) is 7.97. The number of aromatic nitrogens is 1. The lowest BCUT2D eigenvalue weighted by Gasteiger charge is -2.32. The molecule has 2 heterocycles. The summed E-state index contributed by atoms with van der Waals surface area (Å²) in [6, 6.07) is 4.37. The maximum atomic E-state index is 12.4. The summed E-state index contributed by atoms with van der Waals surface area (Å²) in [5.74, 6) is 0.766. The van der Waals surface area contributed by atoms with Gasteiger partial charge in [0.25, 0.3) is 5.91 Å². The van der Waals surface area contributed by atoms with E-state index in [1.54, 1.807) is 0 Å². The van der Waals surface area contributed by atoms with Crippen molar-refractivity contribution in [1.29, 1.82) is 0 Å². The van der Waals surface area contributed by atoms with Crippen molar-refractivity contribution in [1.82, 2.24) is 15.2 Å². The minimum atomic E-state index is 0. The van der Waals surface area contributed by atoms with Crippen LogP contribution in [0.3, 0.4) is 0 Å². The smallest absolute Gasteiger partial charge is 0.272 e. The number of carbonyl (C=O) groups excluding carboxylic acids is 1. The van der Waals surface area contributed by atoms with Gasteiger partial charge in [0, 0.05) is 25.3 Å². The first kappa shape index (κ1) is 18.2. The zero-order chi connectivity index (χ0) is 13.2. The third kappa shape index (κ3) is 4.31. The quantitative estimate of drug-likeness (QED) is 0.925. The third-order valence-electron chi connectivity index (χ3n) is 4.17. The zero-order valence-electron chi connectivity index (χ0n) is 12.2. The molecule has 2 aliphatic rings. The van der Waals surface area contributed by atoms with E-state index in [1.165, 1.54) is 18.4 Å². The van der Waals surface area contributed by atoms with E-state index < -0.39 is 0 Å². The van der Waals surface area contributed by atoms with Gasteiger partial charge in [-0.15, -0.1) is 24.8 Å². The van der Waals surface area contributed by atoms with Crippen molar-refractivity contribution in [3.05, 3.63) is 29.6 Å². The van der Waals surface area contributed by atoms with E-state index in [0.717, 1.165) is 25.9 Å². The summed E-state index contributed by atoms with van der Waals surface area (Å²) in [5.41, 5.74) is 1.87. The molecule has 1 aliphatic heterocycles. The number of nitrogens with one attached hydrogen (secondary N) is 1. The number of likely N-dealkylation sites (N-methyl/N-ethyl adjacent to an activating group) is 1. The van der Waals surface area contributed by atoms with Gasteiger partial charge >= 0.3 is 0 Å². The van der Waals surface area contributed by atoms with Crippen LogP contribution >= 0.6 is 24.8 Å². The normalized spacial score (nSPS) is 21.2. The van der Waals surface area contributed by atoms with Crippen molar-refractivity contribution in [3.63, 3.8) is 0 Å². The summed E-state index contributed by atoms with van der Waals surface area (Å²) >= 11 is 0. The van der Waals surface area contributed by atoms with Gasteiger partial charge in [-0.05, 0) is 50.3 Å². The van der Waals surface area contributed by atoms with Gasteiger partial charge in [-0.1, -0.05) is 6.07 Å². The van der Waals surface area contributed by atoms with Crippen LogP contribution in [-0.4, -0.2) is 42.0 Å². The Hall–Kier alpha value is -0.840. The van der Waals surface area contributed by atoms with Crippen LogP contribution in [0.4, 0.5) is 0 Å². The van der Waals surface area contributed by atoms with E-state index in [1.807, 2.05) is 24.2 Å². The fourth-order valence-corrected chi connectivity index (χ4v) is 2.75. The summed E-state index contributed by atoms with van der Waals surface area (Å²) in [6.45, 7) is 1.64. The molecule has 118 valence electrons. The maximum Gasteiger partial charge on any atom is 0.272 e. The van der Waals surface area contributed by atoms with Crippen LogP contribution in [0.2, 0.25) is 0 Å². The second-order valence-electron chi connectivity index (χ2n) is 5.63. The molecular weight excluding hydrogens is 309 g/mol. The predicted octanol–water partition coefficient (Wildman–Crippen LogP) is 2.63. The molecular formula is C15H23Cl2N3O. The summed E-state index contributed by atoms with van der Waals surface area (Å²) in [4.78, 5) is 18.7. The van der Waals surface area contributed by atoms with E-state index in [9.17, 15) is 4.79 Å². The first-order valence-corrected chi connectivity index (χ1v) is 7.20. The van der Waals surface area contributed by atoms with Crippen LogP contribution in [-0.2, 0) is 0 Å². The van der Waals surface area contributed by atoms with Gasteiger partial charge in [-0.3, -0.25) is 9.78 Å². The van der Waals surface area contributed by atoms with Crippen molar-refractivity contribution >= 4 is 30.7 Å². The van der Waals surface area contributed by atoms with Crippen LogP contribution in [0.1, 0.15) is 47.7 Å². The Kier molecular flexibility index (Phi) is 6.91. The number of halogens is 2. The molecule has 1 aromatic rings. The molecule has 1 N–H and O–H groups in total. The van der Waals surface area contributed by atoms with Crippen LogP contribution in [0.5, 0.6) is 0 Å². The zero-order valence-corrected chi connectivity index (χ0v) is 13.9. The van der Waals surface area contributed by atoms with Gasteiger partial charge < -0.3 is 10.2 Å². The number of pyridine rings is 1. The number of nitrogens with zero attached hydrogens (tertiary/aromatic N) is 2. The molecule has 1 saturated heterocycles. The van der Waals surface area contributed by atoms with Crippen molar-refractivity contribution < 1.29 is 4.79 Å². The molecule has 1 aromatic heterocycles. The molecule has 1 amide bonds. The highest BCUT2D eigenvalue weighted by atomic mass is 35.5. The van der Waals surface area contributed by atoms with Gasteiger partial charge in [-0.2, -0.15) is 0 Å². The number of hydrogen-bond donors (Lipinski definition) is 1. The molecule has 1 atom stereocenters. The monoisotopic (exact) mass is 331 g/mol. The molecule has 0 aromatic carbocycles. The van der Waals surface area contributed by atoms with E-state index in [-0.39, 0.29) is 30.7 Å². The largest absolute Gasteiger partial charge is 0.336 e. The lowest BCUT2D eigenvalue weighted by Crippen LogP contribution is -2.47. The lowest BCUT2D eigenvalue weighted by atomic mass is 10.1. The van der Waals surface area contributed by atoms with Crippen molar-refractivity contribution in [3.8, 4) is 0 Å². The molecule has 1 aliphatic carbocycles. The number of amides is 1. The Morgan fingerprint density at radius 2 is 2.05 bits per heavy atom. The number of hydrogen-bond acceptors (Lipinski definition) is 3. The molecule has 0 spiro atoms. The van der Waals surface area contributed by atoms with Crippen molar-refractivity contribution in [2.24, 2.45) is 0 Å². The van der Waals surface area contributed by atoms with E-state index >= 15 is 0 Å². The molecule has 4 nitrogen and oxygen atoms in total. The molecule has 0 bridgehead atoms. The number of piperidine rings is 1. The van der Waals surface area contributed by atoms with Crippen LogP contribution in [0.15, 0.2) is 18.3 Å². The molecule has 1 saturated carbocycles. The van der Waals surface area contributed by atoms with Gasteiger partial charge in [0.15, 0.2) is 0 Å². The van der Waals surface area contributed by atoms with Crippen LogP contribution in [0.25, 0.3) is 0 Å². The summed E-state index contributed by atoms with van der Waals surface area (Å²) in [6.07, 6.45) is 6.63. The third-order valence-corrected chi connectivity index (χ3v) is 4.17. The van der Waals surface area contributed by atoms with Gasteiger partial charge in [0.05, 0.1) is 0 Å². The molecule has 0 radical (unpaired) electrons. The molecule has 2 fully saturated rings.